The number of anilines is 1. The van der Waals surface area contributed by atoms with Crippen LogP contribution in [0.15, 0.2) is 47.1 Å². The van der Waals surface area contributed by atoms with Crippen molar-refractivity contribution in [3.8, 4) is 0 Å². The SMILES string of the molecule is O=C(Nc1nc2ncc(Br)cc2[nH]1)OCc1ccccc1. The number of pyridine rings is 1. The summed E-state index contributed by atoms with van der Waals surface area (Å²) in [7, 11) is 0. The van der Waals surface area contributed by atoms with Gasteiger partial charge in [0.05, 0.1) is 5.52 Å². The van der Waals surface area contributed by atoms with E-state index >= 15 is 0 Å². The van der Waals surface area contributed by atoms with Gasteiger partial charge in [-0.2, -0.15) is 4.98 Å². The van der Waals surface area contributed by atoms with E-state index in [2.05, 4.69) is 36.2 Å². The summed E-state index contributed by atoms with van der Waals surface area (Å²) >= 11 is 3.32. The minimum atomic E-state index is -0.572. The average molecular weight is 347 g/mol. The van der Waals surface area contributed by atoms with Crippen LogP contribution in [0.3, 0.4) is 0 Å². The van der Waals surface area contributed by atoms with E-state index in [1.165, 1.54) is 0 Å². The predicted molar refractivity (Wildman–Crippen MR) is 81.8 cm³/mol. The Morgan fingerprint density at radius 1 is 1.33 bits per heavy atom. The summed E-state index contributed by atoms with van der Waals surface area (Å²) in [5.74, 6) is 0.300. The molecule has 106 valence electrons. The first-order valence-corrected chi connectivity index (χ1v) is 6.99. The van der Waals surface area contributed by atoms with Gasteiger partial charge in [0.1, 0.15) is 6.61 Å². The Labute approximate surface area is 128 Å². The second-order valence-electron chi connectivity index (χ2n) is 4.30. The Morgan fingerprint density at radius 2 is 2.14 bits per heavy atom. The van der Waals surface area contributed by atoms with E-state index in [0.717, 1.165) is 15.6 Å². The lowest BCUT2D eigenvalue weighted by Crippen LogP contribution is -2.14. The highest BCUT2D eigenvalue weighted by Crippen LogP contribution is 2.17. The lowest BCUT2D eigenvalue weighted by molar-refractivity contribution is 0.155. The van der Waals surface area contributed by atoms with Crippen LogP contribution in [0.5, 0.6) is 0 Å². The van der Waals surface area contributed by atoms with Crippen molar-refractivity contribution >= 4 is 39.1 Å². The summed E-state index contributed by atoms with van der Waals surface area (Å²) in [6, 6.07) is 11.3. The van der Waals surface area contributed by atoms with E-state index < -0.39 is 6.09 Å². The van der Waals surface area contributed by atoms with Crippen molar-refractivity contribution in [3.63, 3.8) is 0 Å². The van der Waals surface area contributed by atoms with Gasteiger partial charge in [0.15, 0.2) is 5.65 Å². The van der Waals surface area contributed by atoms with Gasteiger partial charge in [-0.05, 0) is 27.6 Å². The zero-order valence-corrected chi connectivity index (χ0v) is 12.4. The van der Waals surface area contributed by atoms with Crippen molar-refractivity contribution in [2.24, 2.45) is 0 Å². The molecule has 0 atom stereocenters. The van der Waals surface area contributed by atoms with E-state index in [-0.39, 0.29) is 6.61 Å². The van der Waals surface area contributed by atoms with Gasteiger partial charge in [-0.25, -0.2) is 9.78 Å². The maximum Gasteiger partial charge on any atom is 0.414 e. The number of carbonyl (C=O) groups is 1. The molecule has 0 aliphatic rings. The molecule has 3 aromatic rings. The molecule has 0 spiro atoms. The third-order valence-electron chi connectivity index (χ3n) is 2.74. The number of aromatic amines is 1. The van der Waals surface area contributed by atoms with E-state index in [1.807, 2.05) is 36.4 Å². The van der Waals surface area contributed by atoms with Crippen LogP contribution in [-0.4, -0.2) is 21.0 Å². The highest BCUT2D eigenvalue weighted by molar-refractivity contribution is 9.10. The number of fused-ring (bicyclic) bond motifs is 1. The molecule has 1 amide bonds. The van der Waals surface area contributed by atoms with Gasteiger partial charge < -0.3 is 9.72 Å². The number of amides is 1. The van der Waals surface area contributed by atoms with Gasteiger partial charge in [-0.3, -0.25) is 5.32 Å². The maximum atomic E-state index is 11.7. The molecule has 2 N–H and O–H groups in total. The number of hydrogen-bond donors (Lipinski definition) is 2. The van der Waals surface area contributed by atoms with Crippen molar-refractivity contribution in [3.05, 3.63) is 52.6 Å². The second kappa shape index (κ2) is 5.92. The molecule has 1 aromatic carbocycles. The molecule has 0 saturated carbocycles. The Hall–Kier alpha value is -2.41. The fraction of sp³-hybridized carbons (Fsp3) is 0.0714. The number of hydrogen-bond acceptors (Lipinski definition) is 4. The molecule has 0 bridgehead atoms. The molecule has 0 fully saturated rings. The summed E-state index contributed by atoms with van der Waals surface area (Å²) < 4.78 is 5.94. The number of aromatic nitrogens is 3. The van der Waals surface area contributed by atoms with Gasteiger partial charge in [0.25, 0.3) is 0 Å². The van der Waals surface area contributed by atoms with Crippen molar-refractivity contribution in [1.29, 1.82) is 0 Å². The standard InChI is InChI=1S/C14H11BrN4O2/c15-10-6-11-12(16-7-10)18-13(17-11)19-14(20)21-8-9-4-2-1-3-5-9/h1-7H,8H2,(H2,16,17,18,19,20). The van der Waals surface area contributed by atoms with E-state index in [4.69, 9.17) is 4.74 Å². The van der Waals surface area contributed by atoms with E-state index in [0.29, 0.717) is 11.6 Å². The summed E-state index contributed by atoms with van der Waals surface area (Å²) in [5.41, 5.74) is 2.17. The maximum absolute atomic E-state index is 11.7. The number of imidazole rings is 1. The Kier molecular flexibility index (Phi) is 3.83. The van der Waals surface area contributed by atoms with Gasteiger partial charge in [-0.1, -0.05) is 30.3 Å². The van der Waals surface area contributed by atoms with Crippen molar-refractivity contribution in [2.45, 2.75) is 6.61 Å². The van der Waals surface area contributed by atoms with Crippen LogP contribution in [0.25, 0.3) is 11.2 Å². The third kappa shape index (κ3) is 3.38. The largest absolute Gasteiger partial charge is 0.444 e. The lowest BCUT2D eigenvalue weighted by atomic mass is 10.2. The molecular weight excluding hydrogens is 336 g/mol. The average Bonchev–Trinajstić information content (AvgIpc) is 2.87. The molecule has 0 radical (unpaired) electrons. The Bertz CT molecular complexity index is 773. The first-order chi connectivity index (χ1) is 10.2. The van der Waals surface area contributed by atoms with Crippen LogP contribution in [0.1, 0.15) is 5.56 Å². The normalized spacial score (nSPS) is 10.5. The molecule has 21 heavy (non-hydrogen) atoms. The molecule has 0 aliphatic carbocycles. The van der Waals surface area contributed by atoms with Crippen LogP contribution < -0.4 is 5.32 Å². The number of nitrogens with one attached hydrogen (secondary N) is 2. The summed E-state index contributed by atoms with van der Waals surface area (Å²) in [4.78, 5) is 22.9. The van der Waals surface area contributed by atoms with Gasteiger partial charge in [0.2, 0.25) is 5.95 Å². The zero-order chi connectivity index (χ0) is 14.7. The molecule has 3 rings (SSSR count). The van der Waals surface area contributed by atoms with Crippen LogP contribution in [0.2, 0.25) is 0 Å². The molecule has 6 nitrogen and oxygen atoms in total. The van der Waals surface area contributed by atoms with E-state index in [9.17, 15) is 4.79 Å². The van der Waals surface area contributed by atoms with Gasteiger partial charge in [-0.15, -0.1) is 0 Å². The lowest BCUT2D eigenvalue weighted by Gasteiger charge is -2.04. The summed E-state index contributed by atoms with van der Waals surface area (Å²) in [6.45, 7) is 0.205. The monoisotopic (exact) mass is 346 g/mol. The first kappa shape index (κ1) is 13.6. The quantitative estimate of drug-likeness (QED) is 0.760. The second-order valence-corrected chi connectivity index (χ2v) is 5.21. The summed E-state index contributed by atoms with van der Waals surface area (Å²) in [6.07, 6.45) is 1.07. The van der Waals surface area contributed by atoms with Crippen molar-refractivity contribution < 1.29 is 9.53 Å². The Morgan fingerprint density at radius 3 is 2.95 bits per heavy atom. The zero-order valence-electron chi connectivity index (χ0n) is 10.8. The van der Waals surface area contributed by atoms with Crippen LogP contribution >= 0.6 is 15.9 Å². The number of benzene rings is 1. The fourth-order valence-corrected chi connectivity index (χ4v) is 2.12. The van der Waals surface area contributed by atoms with Crippen LogP contribution in [0.4, 0.5) is 10.7 Å². The number of carbonyl (C=O) groups excluding carboxylic acids is 1. The highest BCUT2D eigenvalue weighted by atomic mass is 79.9. The number of rotatable bonds is 3. The molecular formula is C14H11BrN4O2. The third-order valence-corrected chi connectivity index (χ3v) is 3.17. The predicted octanol–water partition coefficient (Wildman–Crippen LogP) is 3.47. The van der Waals surface area contributed by atoms with Gasteiger partial charge in [0, 0.05) is 10.7 Å². The molecule has 0 saturated heterocycles. The molecule has 0 unspecified atom stereocenters. The number of H-pyrrole nitrogens is 1. The molecule has 2 aromatic heterocycles. The Balaban J connectivity index is 1.63. The molecule has 2 heterocycles. The van der Waals surface area contributed by atoms with Crippen molar-refractivity contribution in [1.82, 2.24) is 15.0 Å². The molecule has 7 heteroatoms. The topological polar surface area (TPSA) is 79.9 Å². The van der Waals surface area contributed by atoms with Crippen LogP contribution in [-0.2, 0) is 11.3 Å². The highest BCUT2D eigenvalue weighted by Gasteiger charge is 2.09. The smallest absolute Gasteiger partial charge is 0.414 e. The number of ether oxygens (including phenoxy) is 1. The van der Waals surface area contributed by atoms with Crippen LogP contribution in [0, 0.1) is 0 Å². The first-order valence-electron chi connectivity index (χ1n) is 6.20. The van der Waals surface area contributed by atoms with Gasteiger partial charge >= 0.3 is 6.09 Å². The number of halogens is 1. The van der Waals surface area contributed by atoms with E-state index in [1.54, 1.807) is 6.20 Å². The fourth-order valence-electron chi connectivity index (χ4n) is 1.79. The number of nitrogens with zero attached hydrogens (tertiary/aromatic N) is 2. The minimum Gasteiger partial charge on any atom is -0.444 e. The molecule has 0 aliphatic heterocycles. The minimum absolute atomic E-state index is 0.205. The summed E-state index contributed by atoms with van der Waals surface area (Å²) in [5, 5.41) is 2.54. The van der Waals surface area contributed by atoms with Crippen molar-refractivity contribution in [2.75, 3.05) is 5.32 Å².